The van der Waals surface area contributed by atoms with Gasteiger partial charge in [0.1, 0.15) is 0 Å². The Morgan fingerprint density at radius 1 is 1.06 bits per heavy atom. The van der Waals surface area contributed by atoms with Crippen molar-refractivity contribution in [3.05, 3.63) is 30.3 Å². The third-order valence-electron chi connectivity index (χ3n) is 3.15. The number of benzene rings is 1. The van der Waals surface area contributed by atoms with E-state index in [2.05, 4.69) is 30.9 Å². The Morgan fingerprint density at radius 2 is 1.69 bits per heavy atom. The van der Waals surface area contributed by atoms with Gasteiger partial charge in [0.2, 0.25) is 0 Å². The molecule has 86 valence electrons. The lowest BCUT2D eigenvalue weighted by Crippen LogP contribution is -2.38. The number of hydrogen-bond acceptors (Lipinski definition) is 2. The minimum atomic E-state index is 0.665. The SMILES string of the molecule is CC(C)N1CCC(=Nc2ccccc2)CC1. The van der Waals surface area contributed by atoms with Gasteiger partial charge in [0.05, 0.1) is 5.69 Å². The predicted molar refractivity (Wildman–Crippen MR) is 69.5 cm³/mol. The molecule has 1 aromatic carbocycles. The second kappa shape index (κ2) is 5.26. The van der Waals surface area contributed by atoms with Crippen LogP contribution in [0.25, 0.3) is 0 Å². The van der Waals surface area contributed by atoms with E-state index in [1.54, 1.807) is 0 Å². The molecular weight excluding hydrogens is 196 g/mol. The molecule has 0 aliphatic carbocycles. The Bertz CT molecular complexity index is 344. The Balaban J connectivity index is 1.97. The summed E-state index contributed by atoms with van der Waals surface area (Å²) in [6.45, 7) is 6.84. The Hall–Kier alpha value is -1.15. The lowest BCUT2D eigenvalue weighted by molar-refractivity contribution is 0.222. The summed E-state index contributed by atoms with van der Waals surface area (Å²) in [5.74, 6) is 0. The molecule has 0 aromatic heterocycles. The van der Waals surface area contributed by atoms with Gasteiger partial charge in [-0.25, -0.2) is 0 Å². The highest BCUT2D eigenvalue weighted by molar-refractivity contribution is 5.87. The first-order chi connectivity index (χ1) is 7.75. The maximum absolute atomic E-state index is 4.70. The third kappa shape index (κ3) is 2.92. The number of rotatable bonds is 2. The highest BCUT2D eigenvalue weighted by atomic mass is 15.1. The average molecular weight is 216 g/mol. The maximum atomic E-state index is 4.70. The average Bonchev–Trinajstić information content (AvgIpc) is 2.31. The van der Waals surface area contributed by atoms with Crippen LogP contribution in [0.5, 0.6) is 0 Å². The fourth-order valence-corrected chi connectivity index (χ4v) is 2.10. The van der Waals surface area contributed by atoms with Crippen molar-refractivity contribution in [2.45, 2.75) is 32.7 Å². The van der Waals surface area contributed by atoms with Crippen molar-refractivity contribution >= 4 is 11.4 Å². The van der Waals surface area contributed by atoms with Crippen molar-refractivity contribution in [2.75, 3.05) is 13.1 Å². The van der Waals surface area contributed by atoms with E-state index in [0.29, 0.717) is 6.04 Å². The van der Waals surface area contributed by atoms with E-state index >= 15 is 0 Å². The maximum Gasteiger partial charge on any atom is 0.0629 e. The van der Waals surface area contributed by atoms with Crippen LogP contribution in [0.3, 0.4) is 0 Å². The zero-order chi connectivity index (χ0) is 11.4. The monoisotopic (exact) mass is 216 g/mol. The molecule has 1 heterocycles. The Labute approximate surface area is 98.0 Å². The fraction of sp³-hybridized carbons (Fsp3) is 0.500. The zero-order valence-electron chi connectivity index (χ0n) is 10.2. The summed E-state index contributed by atoms with van der Waals surface area (Å²) in [4.78, 5) is 7.22. The van der Waals surface area contributed by atoms with Gasteiger partial charge in [-0.05, 0) is 38.8 Å². The lowest BCUT2D eigenvalue weighted by Gasteiger charge is -2.30. The number of hydrogen-bond donors (Lipinski definition) is 0. The topological polar surface area (TPSA) is 15.6 Å². The van der Waals surface area contributed by atoms with E-state index < -0.39 is 0 Å². The standard InChI is InChI=1S/C14H20N2/c1-12(2)16-10-8-14(9-11-16)15-13-6-4-3-5-7-13/h3-7,12H,8-11H2,1-2H3. The molecular formula is C14H20N2. The van der Waals surface area contributed by atoms with Crippen molar-refractivity contribution in [3.8, 4) is 0 Å². The summed E-state index contributed by atoms with van der Waals surface area (Å²) in [6, 6.07) is 10.9. The normalized spacial score (nSPS) is 17.8. The minimum absolute atomic E-state index is 0.665. The minimum Gasteiger partial charge on any atom is -0.300 e. The summed E-state index contributed by atoms with van der Waals surface area (Å²) in [5.41, 5.74) is 2.44. The molecule has 0 radical (unpaired) electrons. The molecule has 1 aliphatic rings. The first-order valence-electron chi connectivity index (χ1n) is 6.11. The largest absolute Gasteiger partial charge is 0.300 e. The molecule has 1 saturated heterocycles. The summed E-state index contributed by atoms with van der Waals surface area (Å²) in [7, 11) is 0. The Morgan fingerprint density at radius 3 is 2.25 bits per heavy atom. The number of nitrogens with zero attached hydrogens (tertiary/aromatic N) is 2. The lowest BCUT2D eigenvalue weighted by atomic mass is 10.1. The van der Waals surface area contributed by atoms with E-state index in [9.17, 15) is 0 Å². The van der Waals surface area contributed by atoms with Crippen LogP contribution in [0.1, 0.15) is 26.7 Å². The van der Waals surface area contributed by atoms with Crippen molar-refractivity contribution in [1.29, 1.82) is 0 Å². The van der Waals surface area contributed by atoms with Gasteiger partial charge in [-0.1, -0.05) is 18.2 Å². The molecule has 0 N–H and O–H groups in total. The summed E-state index contributed by atoms with van der Waals surface area (Å²) < 4.78 is 0. The molecule has 0 atom stereocenters. The summed E-state index contributed by atoms with van der Waals surface area (Å²) in [6.07, 6.45) is 2.24. The predicted octanol–water partition coefficient (Wildman–Crippen LogP) is 3.26. The Kier molecular flexibility index (Phi) is 3.73. The van der Waals surface area contributed by atoms with Gasteiger partial charge in [0.15, 0.2) is 0 Å². The second-order valence-electron chi connectivity index (χ2n) is 4.64. The van der Waals surface area contributed by atoms with Crippen molar-refractivity contribution in [3.63, 3.8) is 0 Å². The number of para-hydroxylation sites is 1. The van der Waals surface area contributed by atoms with Gasteiger partial charge in [0, 0.05) is 24.8 Å². The molecule has 1 fully saturated rings. The van der Waals surface area contributed by atoms with Crippen LogP contribution in [0.2, 0.25) is 0 Å². The highest BCUT2D eigenvalue weighted by Gasteiger charge is 2.16. The molecule has 1 aromatic rings. The summed E-state index contributed by atoms with van der Waals surface area (Å²) >= 11 is 0. The quantitative estimate of drug-likeness (QED) is 0.741. The van der Waals surface area contributed by atoms with Gasteiger partial charge in [0.25, 0.3) is 0 Å². The van der Waals surface area contributed by atoms with Gasteiger partial charge in [-0.15, -0.1) is 0 Å². The van der Waals surface area contributed by atoms with E-state index in [4.69, 9.17) is 4.99 Å². The zero-order valence-corrected chi connectivity index (χ0v) is 10.2. The van der Waals surface area contributed by atoms with Gasteiger partial charge in [-0.3, -0.25) is 4.99 Å². The van der Waals surface area contributed by atoms with E-state index in [1.807, 2.05) is 18.2 Å². The third-order valence-corrected chi connectivity index (χ3v) is 3.15. The van der Waals surface area contributed by atoms with Crippen LogP contribution >= 0.6 is 0 Å². The molecule has 2 nitrogen and oxygen atoms in total. The fourth-order valence-electron chi connectivity index (χ4n) is 2.10. The summed E-state index contributed by atoms with van der Waals surface area (Å²) in [5, 5.41) is 0. The van der Waals surface area contributed by atoms with Crippen LogP contribution in [-0.4, -0.2) is 29.7 Å². The smallest absolute Gasteiger partial charge is 0.0629 e. The van der Waals surface area contributed by atoms with Crippen LogP contribution in [0, 0.1) is 0 Å². The van der Waals surface area contributed by atoms with Crippen LogP contribution in [0.15, 0.2) is 35.3 Å². The molecule has 0 amide bonds. The van der Waals surface area contributed by atoms with Crippen molar-refractivity contribution < 1.29 is 0 Å². The van der Waals surface area contributed by atoms with Gasteiger partial charge in [-0.2, -0.15) is 0 Å². The highest BCUT2D eigenvalue weighted by Crippen LogP contribution is 2.16. The first kappa shape index (κ1) is 11.3. The second-order valence-corrected chi connectivity index (χ2v) is 4.64. The van der Waals surface area contributed by atoms with Crippen LogP contribution < -0.4 is 0 Å². The molecule has 0 spiro atoms. The number of aliphatic imine (C=N–C) groups is 1. The van der Waals surface area contributed by atoms with Crippen LogP contribution in [-0.2, 0) is 0 Å². The van der Waals surface area contributed by atoms with Gasteiger partial charge >= 0.3 is 0 Å². The molecule has 0 bridgehead atoms. The molecule has 1 aliphatic heterocycles. The first-order valence-corrected chi connectivity index (χ1v) is 6.11. The van der Waals surface area contributed by atoms with Gasteiger partial charge < -0.3 is 4.90 Å². The van der Waals surface area contributed by atoms with E-state index in [-0.39, 0.29) is 0 Å². The molecule has 16 heavy (non-hydrogen) atoms. The van der Waals surface area contributed by atoms with E-state index in [0.717, 1.165) is 31.6 Å². The van der Waals surface area contributed by atoms with Crippen molar-refractivity contribution in [2.24, 2.45) is 4.99 Å². The molecule has 0 saturated carbocycles. The number of likely N-dealkylation sites (tertiary alicyclic amines) is 1. The molecule has 0 unspecified atom stereocenters. The molecule has 2 rings (SSSR count). The van der Waals surface area contributed by atoms with Crippen molar-refractivity contribution in [1.82, 2.24) is 4.90 Å². The van der Waals surface area contributed by atoms with Crippen LogP contribution in [0.4, 0.5) is 5.69 Å². The van der Waals surface area contributed by atoms with E-state index in [1.165, 1.54) is 5.71 Å². The number of piperidine rings is 1. The molecule has 2 heteroatoms.